The number of thiophene rings is 1. The van der Waals surface area contributed by atoms with E-state index < -0.39 is 0 Å². The molecule has 1 aromatic carbocycles. The fraction of sp³-hybridized carbons (Fsp3) is 0. The number of hydrogen-bond acceptors (Lipinski definition) is 2. The van der Waals surface area contributed by atoms with E-state index in [2.05, 4.69) is 17.1 Å². The summed E-state index contributed by atoms with van der Waals surface area (Å²) in [5, 5.41) is 5.28. The van der Waals surface area contributed by atoms with Gasteiger partial charge in [0.15, 0.2) is 0 Å². The third kappa shape index (κ3) is 4.06. The quantitative estimate of drug-likeness (QED) is 0.546. The topological polar surface area (TPSA) is 12.9 Å². The van der Waals surface area contributed by atoms with Crippen molar-refractivity contribution >= 4 is 51.8 Å². The van der Waals surface area contributed by atoms with E-state index in [1.54, 1.807) is 11.3 Å². The molecule has 0 radical (unpaired) electrons. The molecular weight excluding hydrogens is 225 g/mol. The van der Waals surface area contributed by atoms with Crippen LogP contribution in [0.3, 0.4) is 0 Å². The van der Waals surface area contributed by atoms with Crippen molar-refractivity contribution in [1.82, 2.24) is 4.98 Å². The van der Waals surface area contributed by atoms with E-state index in [-0.39, 0.29) is 29.6 Å². The van der Waals surface area contributed by atoms with Crippen LogP contribution in [0.25, 0.3) is 10.9 Å². The largest absolute Gasteiger partial charge is 0.256 e. The molecule has 0 unspecified atom stereocenters. The summed E-state index contributed by atoms with van der Waals surface area (Å²) in [7, 11) is 0. The number of pyridine rings is 1. The van der Waals surface area contributed by atoms with E-state index in [9.17, 15) is 0 Å². The summed E-state index contributed by atoms with van der Waals surface area (Å²) in [4.78, 5) is 4.18. The molecule has 3 heteroatoms. The minimum atomic E-state index is 0. The zero-order valence-electron chi connectivity index (χ0n) is 8.21. The van der Waals surface area contributed by atoms with E-state index in [0.717, 1.165) is 5.52 Å². The van der Waals surface area contributed by atoms with E-state index >= 15 is 0 Å². The second-order valence-electron chi connectivity index (χ2n) is 2.99. The Morgan fingerprint density at radius 1 is 0.812 bits per heavy atom. The number of rotatable bonds is 0. The van der Waals surface area contributed by atoms with Gasteiger partial charge >= 0.3 is 29.6 Å². The molecule has 16 heavy (non-hydrogen) atoms. The molecule has 0 saturated carbocycles. The standard InChI is InChI=1S/C9H7N.C4H4S.Na.H/c1-2-6-9-8(4-1)5-3-7-10-9;1-2-4-5-3-1;;/h1-7H;1-4H;;. The van der Waals surface area contributed by atoms with Crippen LogP contribution in [0.1, 0.15) is 0 Å². The van der Waals surface area contributed by atoms with Crippen molar-refractivity contribution in [3.63, 3.8) is 0 Å². The predicted octanol–water partition coefficient (Wildman–Crippen LogP) is 3.33. The van der Waals surface area contributed by atoms with Crippen LogP contribution in [0, 0.1) is 0 Å². The molecule has 3 aromatic rings. The van der Waals surface area contributed by atoms with Crippen LogP contribution in [-0.4, -0.2) is 34.5 Å². The fourth-order valence-electron chi connectivity index (χ4n) is 1.24. The Bertz CT molecular complexity index is 425. The summed E-state index contributed by atoms with van der Waals surface area (Å²) in [6.45, 7) is 0. The monoisotopic (exact) mass is 237 g/mol. The maximum absolute atomic E-state index is 4.18. The Morgan fingerprint density at radius 3 is 2.12 bits per heavy atom. The zero-order chi connectivity index (χ0) is 10.3. The smallest absolute Gasteiger partial charge is 0.0701 e. The molecule has 0 amide bonds. The third-order valence-corrected chi connectivity index (χ3v) is 2.57. The van der Waals surface area contributed by atoms with Gasteiger partial charge in [-0.25, -0.2) is 0 Å². The molecule has 0 aliphatic rings. The first-order valence-electron chi connectivity index (χ1n) is 4.74. The van der Waals surface area contributed by atoms with E-state index in [4.69, 9.17) is 0 Å². The maximum Gasteiger partial charge on any atom is 0.0701 e. The van der Waals surface area contributed by atoms with Gasteiger partial charge in [-0.1, -0.05) is 36.4 Å². The number of nitrogens with zero attached hydrogens (tertiary/aromatic N) is 1. The van der Waals surface area contributed by atoms with Crippen LogP contribution in [-0.2, 0) is 0 Å². The molecule has 0 saturated heterocycles. The summed E-state index contributed by atoms with van der Waals surface area (Å²) in [6, 6.07) is 16.1. The summed E-state index contributed by atoms with van der Waals surface area (Å²) in [6.07, 6.45) is 1.81. The molecule has 76 valence electrons. The van der Waals surface area contributed by atoms with Crippen molar-refractivity contribution in [3.8, 4) is 0 Å². The van der Waals surface area contributed by atoms with Gasteiger partial charge in [0.1, 0.15) is 0 Å². The SMILES string of the molecule is [NaH].c1ccc2ncccc2c1.c1ccsc1. The van der Waals surface area contributed by atoms with Gasteiger partial charge in [-0.3, -0.25) is 4.98 Å². The molecule has 2 heterocycles. The number of fused-ring (bicyclic) bond motifs is 1. The molecule has 0 aliphatic heterocycles. The maximum atomic E-state index is 4.18. The number of aromatic nitrogens is 1. The average Bonchev–Trinajstić information content (AvgIpc) is 2.88. The second kappa shape index (κ2) is 7.58. The Morgan fingerprint density at radius 2 is 1.50 bits per heavy atom. The van der Waals surface area contributed by atoms with Crippen molar-refractivity contribution < 1.29 is 0 Å². The average molecular weight is 237 g/mol. The summed E-state index contributed by atoms with van der Waals surface area (Å²) >= 11 is 1.71. The van der Waals surface area contributed by atoms with Gasteiger partial charge in [-0.15, -0.1) is 0 Å². The van der Waals surface area contributed by atoms with Gasteiger partial charge in [-0.05, 0) is 22.9 Å². The molecule has 1 nitrogen and oxygen atoms in total. The van der Waals surface area contributed by atoms with Gasteiger partial charge in [0.2, 0.25) is 0 Å². The first-order chi connectivity index (χ1) is 7.47. The molecule has 0 fully saturated rings. The summed E-state index contributed by atoms with van der Waals surface area (Å²) in [5.41, 5.74) is 1.06. The van der Waals surface area contributed by atoms with E-state index in [1.807, 2.05) is 53.4 Å². The van der Waals surface area contributed by atoms with Crippen LogP contribution in [0.5, 0.6) is 0 Å². The third-order valence-electron chi connectivity index (χ3n) is 1.94. The Labute approximate surface area is 121 Å². The minimum absolute atomic E-state index is 0. The van der Waals surface area contributed by atoms with Gasteiger partial charge in [0, 0.05) is 11.6 Å². The zero-order valence-corrected chi connectivity index (χ0v) is 9.02. The minimum Gasteiger partial charge on any atom is -0.256 e. The molecule has 0 N–H and O–H groups in total. The number of hydrogen-bond donors (Lipinski definition) is 0. The molecular formula is C13H12NNaS. The van der Waals surface area contributed by atoms with Crippen LogP contribution >= 0.6 is 11.3 Å². The predicted molar refractivity (Wildman–Crippen MR) is 73.2 cm³/mol. The van der Waals surface area contributed by atoms with Crippen molar-refractivity contribution in [2.45, 2.75) is 0 Å². The Balaban J connectivity index is 0.000000183. The molecule has 3 rings (SSSR count). The normalized spacial score (nSPS) is 8.75. The molecule has 0 atom stereocenters. The van der Waals surface area contributed by atoms with Crippen LogP contribution in [0.2, 0.25) is 0 Å². The Hall–Kier alpha value is -0.670. The van der Waals surface area contributed by atoms with Crippen molar-refractivity contribution in [2.24, 2.45) is 0 Å². The molecule has 0 bridgehead atoms. The fourth-order valence-corrected chi connectivity index (χ4v) is 1.70. The van der Waals surface area contributed by atoms with E-state index in [1.165, 1.54) is 5.39 Å². The van der Waals surface area contributed by atoms with Crippen LogP contribution in [0.15, 0.2) is 65.5 Å². The number of benzene rings is 1. The van der Waals surface area contributed by atoms with Gasteiger partial charge in [-0.2, -0.15) is 11.3 Å². The van der Waals surface area contributed by atoms with Gasteiger partial charge in [0.05, 0.1) is 5.52 Å². The summed E-state index contributed by atoms with van der Waals surface area (Å²) in [5.74, 6) is 0. The van der Waals surface area contributed by atoms with E-state index in [0.29, 0.717) is 0 Å². The molecule has 0 aliphatic carbocycles. The van der Waals surface area contributed by atoms with Crippen LogP contribution < -0.4 is 0 Å². The van der Waals surface area contributed by atoms with Crippen LogP contribution in [0.4, 0.5) is 0 Å². The van der Waals surface area contributed by atoms with Crippen molar-refractivity contribution in [2.75, 3.05) is 0 Å². The first kappa shape index (κ1) is 13.4. The molecule has 2 aromatic heterocycles. The second-order valence-corrected chi connectivity index (χ2v) is 3.81. The number of para-hydroxylation sites is 1. The van der Waals surface area contributed by atoms with Gasteiger partial charge in [0.25, 0.3) is 0 Å². The first-order valence-corrected chi connectivity index (χ1v) is 5.68. The summed E-state index contributed by atoms with van der Waals surface area (Å²) < 4.78 is 0. The van der Waals surface area contributed by atoms with Crippen molar-refractivity contribution in [3.05, 3.63) is 65.5 Å². The Kier molecular flexibility index (Phi) is 6.34. The molecule has 0 spiro atoms. The van der Waals surface area contributed by atoms with Crippen molar-refractivity contribution in [1.29, 1.82) is 0 Å². The van der Waals surface area contributed by atoms with Gasteiger partial charge < -0.3 is 0 Å².